The number of rotatable bonds is 4. The first kappa shape index (κ1) is 27.5. The molecule has 2 aromatic heterocycles. The average Bonchev–Trinajstić information content (AvgIpc) is 3.36. The van der Waals surface area contributed by atoms with Crippen LogP contribution < -0.4 is 18.6 Å². The molecule has 0 spiro atoms. The van der Waals surface area contributed by atoms with E-state index < -0.39 is 10.2 Å². The summed E-state index contributed by atoms with van der Waals surface area (Å²) in [5.41, 5.74) is 8.34. The van der Waals surface area contributed by atoms with E-state index in [2.05, 4.69) is 138 Å². The van der Waals surface area contributed by atoms with Gasteiger partial charge in [-0.05, 0) is 66.9 Å². The minimum Gasteiger partial charge on any atom is -0.309 e. The molecular weight excluding hydrogens is 526 g/mol. The molecule has 1 aliphatic rings. The number of aromatic nitrogens is 2. The van der Waals surface area contributed by atoms with Crippen LogP contribution in [0.25, 0.3) is 33.9 Å². The maximum Gasteiger partial charge on any atom is 0.327 e. The Morgan fingerprint density at radius 1 is 0.775 bits per heavy atom. The lowest BCUT2D eigenvalue weighted by molar-refractivity contribution is -2.00. The lowest BCUT2D eigenvalue weighted by Gasteiger charge is -2.17. The minimum atomic E-state index is -4.94. The lowest BCUT2D eigenvalue weighted by atomic mass is 9.82. The van der Waals surface area contributed by atoms with E-state index in [9.17, 15) is 0 Å². The number of fused-ring (bicyclic) bond motifs is 2. The van der Waals surface area contributed by atoms with Gasteiger partial charge in [0.1, 0.15) is 11.9 Å². The van der Waals surface area contributed by atoms with Crippen LogP contribution in [0.15, 0.2) is 109 Å². The quantitative estimate of drug-likeness (QED) is 0.318. The summed E-state index contributed by atoms with van der Waals surface area (Å²) in [4.78, 5) is 4.67. The summed E-state index contributed by atoms with van der Waals surface area (Å²) in [5.74, 6) is 1.03. The van der Waals surface area contributed by atoms with Gasteiger partial charge in [-0.3, -0.25) is 0 Å². The van der Waals surface area contributed by atoms with E-state index in [4.69, 9.17) is 18.6 Å². The highest BCUT2D eigenvalue weighted by atomic mass is 35.7. The van der Waals surface area contributed by atoms with E-state index in [-0.39, 0.29) is 5.41 Å². The van der Waals surface area contributed by atoms with Crippen molar-refractivity contribution in [1.29, 1.82) is 0 Å². The molecule has 202 valence electrons. The maximum absolute atomic E-state index is 8.49. The standard InChI is InChI=1S/C32H28N3.ClHO4/c1-32(2)27-18-12-22-33-31(27)34(3)29(32)21-20-26-25-17-10-11-19-28(25)35(24-15-8-5-9-16-24)30(26)23-13-6-4-7-14-23;2-1(3,4)5/h4-22H,1-3H3;(H,2,3,4,5)/q+1;/p-1. The lowest BCUT2D eigenvalue weighted by Crippen LogP contribution is -2.68. The molecule has 0 aliphatic carbocycles. The predicted octanol–water partition coefficient (Wildman–Crippen LogP) is 2.66. The molecule has 7 nitrogen and oxygen atoms in total. The molecule has 0 fully saturated rings. The summed E-state index contributed by atoms with van der Waals surface area (Å²) >= 11 is 0. The van der Waals surface area contributed by atoms with Gasteiger partial charge in [0.2, 0.25) is 0 Å². The third kappa shape index (κ3) is 5.34. The highest BCUT2D eigenvalue weighted by Gasteiger charge is 2.41. The zero-order chi connectivity index (χ0) is 28.5. The Balaban J connectivity index is 0.000000595. The molecule has 0 unspecified atom stereocenters. The van der Waals surface area contributed by atoms with Crippen molar-refractivity contribution in [2.45, 2.75) is 19.3 Å². The Morgan fingerprint density at radius 2 is 1.38 bits per heavy atom. The summed E-state index contributed by atoms with van der Waals surface area (Å²) in [6, 6.07) is 34.2. The second-order valence-electron chi connectivity index (χ2n) is 9.97. The summed E-state index contributed by atoms with van der Waals surface area (Å²) < 4.78 is 38.6. The fraction of sp³-hybridized carbons (Fsp3) is 0.125. The predicted molar refractivity (Wildman–Crippen MR) is 146 cm³/mol. The molecular formula is C32H28ClN3O4. The molecule has 40 heavy (non-hydrogen) atoms. The van der Waals surface area contributed by atoms with Gasteiger partial charge >= 0.3 is 5.82 Å². The number of allylic oxidation sites excluding steroid dienone is 1. The summed E-state index contributed by atoms with van der Waals surface area (Å²) in [6.07, 6.45) is 6.45. The molecule has 0 saturated carbocycles. The van der Waals surface area contributed by atoms with E-state index >= 15 is 0 Å². The molecule has 3 aromatic carbocycles. The van der Waals surface area contributed by atoms with Crippen LogP contribution in [-0.4, -0.2) is 26.9 Å². The van der Waals surface area contributed by atoms with Crippen molar-refractivity contribution in [1.82, 2.24) is 9.55 Å². The number of para-hydroxylation sites is 2. The van der Waals surface area contributed by atoms with Gasteiger partial charge in [0.25, 0.3) is 0 Å². The number of halogens is 1. The number of hydrogen-bond donors (Lipinski definition) is 0. The van der Waals surface area contributed by atoms with Gasteiger partial charge in [-0.25, -0.2) is 23.2 Å². The third-order valence-corrected chi connectivity index (χ3v) is 7.16. The van der Waals surface area contributed by atoms with Crippen molar-refractivity contribution in [3.05, 3.63) is 120 Å². The monoisotopic (exact) mass is 553 g/mol. The van der Waals surface area contributed by atoms with Gasteiger partial charge in [0.15, 0.2) is 0 Å². The highest BCUT2D eigenvalue weighted by Crippen LogP contribution is 2.40. The number of hydrogen-bond acceptors (Lipinski definition) is 5. The molecule has 3 heterocycles. The van der Waals surface area contributed by atoms with Crippen LogP contribution in [0.1, 0.15) is 25.0 Å². The van der Waals surface area contributed by atoms with Crippen molar-refractivity contribution in [2.24, 2.45) is 0 Å². The first-order chi connectivity index (χ1) is 19.1. The molecule has 0 radical (unpaired) electrons. The van der Waals surface area contributed by atoms with Crippen molar-refractivity contribution in [3.63, 3.8) is 0 Å². The normalized spacial score (nSPS) is 14.4. The third-order valence-electron chi connectivity index (χ3n) is 7.16. The first-order valence-electron chi connectivity index (χ1n) is 12.7. The highest BCUT2D eigenvalue weighted by molar-refractivity contribution is 6.08. The van der Waals surface area contributed by atoms with E-state index in [1.165, 1.54) is 39.0 Å². The molecule has 5 aromatic rings. The van der Waals surface area contributed by atoms with E-state index in [1.54, 1.807) is 0 Å². The molecule has 1 aliphatic heterocycles. The molecule has 6 rings (SSSR count). The Kier molecular flexibility index (Phi) is 7.42. The van der Waals surface area contributed by atoms with Crippen molar-refractivity contribution in [2.75, 3.05) is 7.05 Å². The Labute approximate surface area is 235 Å². The maximum atomic E-state index is 8.49. The SMILES string of the molecule is C[N+]1=C(/C=C/c2c(-c3ccccc3)n(-c3ccccc3)c3ccccc23)C(C)(C)c2cccnc21.[O-][Cl+3]([O-])([O-])[O-]. The topological polar surface area (TPSA) is 113 Å². The fourth-order valence-corrected chi connectivity index (χ4v) is 5.47. The second-order valence-corrected chi connectivity index (χ2v) is 10.7. The van der Waals surface area contributed by atoms with Crippen molar-refractivity contribution in [3.8, 4) is 16.9 Å². The zero-order valence-corrected chi connectivity index (χ0v) is 23.1. The zero-order valence-electron chi connectivity index (χ0n) is 22.3. The van der Waals surface area contributed by atoms with Gasteiger partial charge in [0, 0.05) is 16.6 Å². The smallest absolute Gasteiger partial charge is 0.309 e. The largest absolute Gasteiger partial charge is 0.327 e. The van der Waals surface area contributed by atoms with Crippen molar-refractivity contribution >= 4 is 28.5 Å². The molecule has 0 bridgehead atoms. The average molecular weight is 554 g/mol. The molecule has 0 saturated heterocycles. The van der Waals surface area contributed by atoms with Gasteiger partial charge in [-0.1, -0.05) is 66.7 Å². The minimum absolute atomic E-state index is 0.125. The van der Waals surface area contributed by atoms with E-state index in [0.29, 0.717) is 0 Å². The van der Waals surface area contributed by atoms with Crippen LogP contribution in [0, 0.1) is 10.2 Å². The van der Waals surface area contributed by atoms with E-state index in [0.717, 1.165) is 11.5 Å². The van der Waals surface area contributed by atoms with Crippen LogP contribution in [0.4, 0.5) is 5.82 Å². The van der Waals surface area contributed by atoms with E-state index in [1.807, 2.05) is 12.3 Å². The number of nitrogens with zero attached hydrogens (tertiary/aromatic N) is 3. The number of pyridine rings is 1. The van der Waals surface area contributed by atoms with Crippen molar-refractivity contribution < 1.29 is 33.5 Å². The van der Waals surface area contributed by atoms with Gasteiger partial charge in [0.05, 0.1) is 29.2 Å². The van der Waals surface area contributed by atoms with Crippen LogP contribution in [0.5, 0.6) is 0 Å². The summed E-state index contributed by atoms with van der Waals surface area (Å²) in [6.45, 7) is 4.56. The molecule has 0 atom stereocenters. The Hall–Kier alpha value is -4.11. The summed E-state index contributed by atoms with van der Waals surface area (Å²) in [7, 11) is -2.83. The summed E-state index contributed by atoms with van der Waals surface area (Å²) in [5, 5.41) is 1.24. The Bertz CT molecular complexity index is 1710. The van der Waals surface area contributed by atoms with Gasteiger partial charge in [-0.2, -0.15) is 0 Å². The van der Waals surface area contributed by atoms with Crippen LogP contribution in [0.2, 0.25) is 0 Å². The second kappa shape index (κ2) is 10.8. The van der Waals surface area contributed by atoms with Gasteiger partial charge in [-0.15, -0.1) is 10.2 Å². The Morgan fingerprint density at radius 3 is 2.02 bits per heavy atom. The van der Waals surface area contributed by atoms with Gasteiger partial charge < -0.3 is 4.57 Å². The first-order valence-corrected chi connectivity index (χ1v) is 13.9. The molecule has 0 amide bonds. The molecule has 8 heteroatoms. The number of benzene rings is 3. The van der Waals surface area contributed by atoms with Crippen LogP contribution >= 0.6 is 0 Å². The fourth-order valence-electron chi connectivity index (χ4n) is 5.47. The van der Waals surface area contributed by atoms with Crippen LogP contribution in [0.3, 0.4) is 0 Å². The molecule has 0 N–H and O–H groups in total. The van der Waals surface area contributed by atoms with Crippen LogP contribution in [-0.2, 0) is 5.41 Å².